The van der Waals surface area contributed by atoms with Gasteiger partial charge in [0.25, 0.3) is 0 Å². The van der Waals surface area contributed by atoms with Gasteiger partial charge in [0.05, 0.1) is 9.73 Å². The molecule has 88 valence electrons. The van der Waals surface area contributed by atoms with Gasteiger partial charge in [-0.3, -0.25) is 0 Å². The van der Waals surface area contributed by atoms with E-state index in [4.69, 9.17) is 4.78 Å². The van der Waals surface area contributed by atoms with Crippen molar-refractivity contribution in [2.24, 2.45) is 0 Å². The Morgan fingerprint density at radius 1 is 1.12 bits per heavy atom. The average molecular weight is 237 g/mol. The van der Waals surface area contributed by atoms with Crippen molar-refractivity contribution in [2.45, 2.75) is 49.2 Å². The van der Waals surface area contributed by atoms with Gasteiger partial charge in [-0.25, -0.2) is 8.99 Å². The third-order valence-electron chi connectivity index (χ3n) is 3.39. The van der Waals surface area contributed by atoms with Crippen molar-refractivity contribution in [3.8, 4) is 0 Å². The number of benzene rings is 1. The SMILES string of the molecule is Cc1ccc(S(=N)(=O)C2CCCCC2)cc1. The lowest BCUT2D eigenvalue weighted by Gasteiger charge is -2.24. The van der Waals surface area contributed by atoms with Crippen molar-refractivity contribution < 1.29 is 4.21 Å². The van der Waals surface area contributed by atoms with Crippen LogP contribution in [-0.2, 0) is 9.73 Å². The van der Waals surface area contributed by atoms with E-state index in [0.29, 0.717) is 4.90 Å². The van der Waals surface area contributed by atoms with Gasteiger partial charge in [-0.1, -0.05) is 37.0 Å². The first kappa shape index (κ1) is 11.6. The quantitative estimate of drug-likeness (QED) is 0.836. The summed E-state index contributed by atoms with van der Waals surface area (Å²) in [5, 5.41) is 0.0731. The second-order valence-corrected chi connectivity index (χ2v) is 7.01. The van der Waals surface area contributed by atoms with E-state index in [1.165, 1.54) is 6.42 Å². The fraction of sp³-hybridized carbons (Fsp3) is 0.538. The zero-order valence-corrected chi connectivity index (χ0v) is 10.6. The maximum atomic E-state index is 12.5. The van der Waals surface area contributed by atoms with Gasteiger partial charge in [0, 0.05) is 10.1 Å². The van der Waals surface area contributed by atoms with Gasteiger partial charge >= 0.3 is 0 Å². The van der Waals surface area contributed by atoms with E-state index in [2.05, 4.69) is 0 Å². The minimum Gasteiger partial charge on any atom is -0.249 e. The zero-order valence-electron chi connectivity index (χ0n) is 9.74. The van der Waals surface area contributed by atoms with E-state index in [-0.39, 0.29) is 5.25 Å². The van der Waals surface area contributed by atoms with E-state index < -0.39 is 9.73 Å². The van der Waals surface area contributed by atoms with Crippen molar-refractivity contribution in [2.75, 3.05) is 0 Å². The standard InChI is InChI=1S/C13H19NOS/c1-11-7-9-13(10-8-11)16(14,15)12-5-3-2-4-6-12/h7-10,12,14H,2-6H2,1H3. The van der Waals surface area contributed by atoms with Crippen LogP contribution in [0.3, 0.4) is 0 Å². The average Bonchev–Trinajstić information content (AvgIpc) is 2.31. The molecule has 0 bridgehead atoms. The Hall–Kier alpha value is -0.830. The molecule has 0 heterocycles. The van der Waals surface area contributed by atoms with Crippen LogP contribution in [0.15, 0.2) is 29.2 Å². The van der Waals surface area contributed by atoms with Gasteiger partial charge in [0.15, 0.2) is 0 Å². The Kier molecular flexibility index (Phi) is 3.33. The molecule has 1 aromatic carbocycles. The van der Waals surface area contributed by atoms with Crippen LogP contribution in [0.1, 0.15) is 37.7 Å². The maximum absolute atomic E-state index is 12.5. The number of rotatable bonds is 2. The summed E-state index contributed by atoms with van der Waals surface area (Å²) in [5.41, 5.74) is 1.16. The van der Waals surface area contributed by atoms with Gasteiger partial charge in [0.1, 0.15) is 0 Å². The lowest BCUT2D eigenvalue weighted by atomic mass is 10.0. The summed E-state index contributed by atoms with van der Waals surface area (Å²) >= 11 is 0. The molecular weight excluding hydrogens is 218 g/mol. The molecule has 1 aliphatic carbocycles. The Labute approximate surface area is 98.0 Å². The van der Waals surface area contributed by atoms with E-state index in [1.54, 1.807) is 0 Å². The maximum Gasteiger partial charge on any atom is 0.0755 e. The fourth-order valence-electron chi connectivity index (χ4n) is 2.33. The Morgan fingerprint density at radius 2 is 1.69 bits per heavy atom. The van der Waals surface area contributed by atoms with Crippen molar-refractivity contribution in [3.63, 3.8) is 0 Å². The highest BCUT2D eigenvalue weighted by Crippen LogP contribution is 2.29. The molecule has 0 saturated heterocycles. The molecule has 1 saturated carbocycles. The molecule has 16 heavy (non-hydrogen) atoms. The zero-order chi connectivity index (χ0) is 11.6. The lowest BCUT2D eigenvalue weighted by molar-refractivity contribution is 0.501. The third-order valence-corrected chi connectivity index (χ3v) is 5.78. The predicted octanol–water partition coefficient (Wildman–Crippen LogP) is 3.73. The minimum absolute atomic E-state index is 0.0731. The molecular formula is C13H19NOS. The number of hydrogen-bond donors (Lipinski definition) is 1. The third kappa shape index (κ3) is 2.29. The summed E-state index contributed by atoms with van der Waals surface area (Å²) in [6, 6.07) is 7.62. The highest BCUT2D eigenvalue weighted by atomic mass is 32.2. The number of nitrogens with one attached hydrogen (secondary N) is 1. The van der Waals surface area contributed by atoms with Crippen LogP contribution in [0, 0.1) is 11.7 Å². The van der Waals surface area contributed by atoms with Crippen LogP contribution < -0.4 is 0 Å². The van der Waals surface area contributed by atoms with Gasteiger partial charge in [0.2, 0.25) is 0 Å². The van der Waals surface area contributed by atoms with Crippen LogP contribution in [0.5, 0.6) is 0 Å². The van der Waals surface area contributed by atoms with Crippen molar-refractivity contribution in [1.29, 1.82) is 4.78 Å². The molecule has 1 atom stereocenters. The molecule has 1 aromatic rings. The molecule has 1 aliphatic rings. The van der Waals surface area contributed by atoms with E-state index in [0.717, 1.165) is 31.2 Å². The Morgan fingerprint density at radius 3 is 2.25 bits per heavy atom. The number of hydrogen-bond acceptors (Lipinski definition) is 2. The molecule has 1 fully saturated rings. The Balaban J connectivity index is 2.27. The van der Waals surface area contributed by atoms with Gasteiger partial charge in [-0.15, -0.1) is 0 Å². The molecule has 0 radical (unpaired) electrons. The summed E-state index contributed by atoms with van der Waals surface area (Å²) in [6.45, 7) is 2.01. The van der Waals surface area contributed by atoms with Gasteiger partial charge in [-0.2, -0.15) is 0 Å². The van der Waals surface area contributed by atoms with Crippen molar-refractivity contribution >= 4 is 9.73 Å². The summed E-state index contributed by atoms with van der Waals surface area (Å²) in [5.74, 6) is 0. The van der Waals surface area contributed by atoms with E-state index >= 15 is 0 Å². The van der Waals surface area contributed by atoms with Crippen LogP contribution in [0.25, 0.3) is 0 Å². The first-order chi connectivity index (χ1) is 7.60. The van der Waals surface area contributed by atoms with Gasteiger partial charge < -0.3 is 0 Å². The molecule has 0 spiro atoms. The van der Waals surface area contributed by atoms with Crippen molar-refractivity contribution in [1.82, 2.24) is 0 Å². The second kappa shape index (κ2) is 4.58. The van der Waals surface area contributed by atoms with Crippen LogP contribution in [0.2, 0.25) is 0 Å². The monoisotopic (exact) mass is 237 g/mol. The minimum atomic E-state index is -2.58. The molecule has 0 amide bonds. The van der Waals surface area contributed by atoms with Crippen LogP contribution in [-0.4, -0.2) is 9.46 Å². The van der Waals surface area contributed by atoms with Crippen LogP contribution in [0.4, 0.5) is 0 Å². The van der Waals surface area contributed by atoms with E-state index in [9.17, 15) is 4.21 Å². The Bertz CT molecular complexity index is 441. The molecule has 2 rings (SSSR count). The van der Waals surface area contributed by atoms with Gasteiger partial charge in [-0.05, 0) is 31.9 Å². The molecule has 0 aliphatic heterocycles. The first-order valence-electron chi connectivity index (χ1n) is 5.95. The molecule has 0 aromatic heterocycles. The highest BCUT2D eigenvalue weighted by molar-refractivity contribution is 7.93. The smallest absolute Gasteiger partial charge is 0.0755 e. The molecule has 3 heteroatoms. The molecule has 1 unspecified atom stereocenters. The topological polar surface area (TPSA) is 40.9 Å². The molecule has 1 N–H and O–H groups in total. The summed E-state index contributed by atoms with van der Waals surface area (Å²) in [6.07, 6.45) is 5.41. The highest BCUT2D eigenvalue weighted by Gasteiger charge is 2.25. The molecule has 2 nitrogen and oxygen atoms in total. The lowest BCUT2D eigenvalue weighted by Crippen LogP contribution is -2.22. The van der Waals surface area contributed by atoms with Crippen molar-refractivity contribution in [3.05, 3.63) is 29.8 Å². The predicted molar refractivity (Wildman–Crippen MR) is 67.2 cm³/mol. The summed E-state index contributed by atoms with van der Waals surface area (Å²) < 4.78 is 20.7. The summed E-state index contributed by atoms with van der Waals surface area (Å²) in [4.78, 5) is 0.713. The summed E-state index contributed by atoms with van der Waals surface area (Å²) in [7, 11) is -2.58. The van der Waals surface area contributed by atoms with Crippen LogP contribution >= 0.6 is 0 Å². The second-order valence-electron chi connectivity index (χ2n) is 4.67. The number of aryl methyl sites for hydroxylation is 1. The first-order valence-corrected chi connectivity index (χ1v) is 7.57. The normalized spacial score (nSPS) is 21.6. The largest absolute Gasteiger partial charge is 0.249 e. The van der Waals surface area contributed by atoms with E-state index in [1.807, 2.05) is 31.2 Å². The fourth-order valence-corrected chi connectivity index (χ4v) is 4.25.